The highest BCUT2D eigenvalue weighted by Gasteiger charge is 2.23. The molecule has 6 heteroatoms. The minimum Gasteiger partial charge on any atom is -0.504 e. The van der Waals surface area contributed by atoms with Gasteiger partial charge >= 0.3 is 5.97 Å². The molecular formula is C24H27NO5. The van der Waals surface area contributed by atoms with Crippen molar-refractivity contribution in [1.29, 1.82) is 0 Å². The zero-order valence-corrected chi connectivity index (χ0v) is 17.1. The van der Waals surface area contributed by atoms with E-state index in [1.54, 1.807) is 23.1 Å². The highest BCUT2D eigenvalue weighted by atomic mass is 16.5. The molecule has 1 aliphatic heterocycles. The summed E-state index contributed by atoms with van der Waals surface area (Å²) in [7, 11) is 1.45. The van der Waals surface area contributed by atoms with Gasteiger partial charge in [0.2, 0.25) is 0 Å². The Morgan fingerprint density at radius 3 is 2.57 bits per heavy atom. The Balaban J connectivity index is 1.40. The van der Waals surface area contributed by atoms with Crippen LogP contribution in [0.5, 0.6) is 11.5 Å². The molecule has 0 saturated carbocycles. The Kier molecular flexibility index (Phi) is 7.49. The highest BCUT2D eigenvalue weighted by Crippen LogP contribution is 2.26. The summed E-state index contributed by atoms with van der Waals surface area (Å²) in [4.78, 5) is 26.0. The number of carbonyl (C=O) groups excluding carboxylic acids is 2. The van der Waals surface area contributed by atoms with Crippen LogP contribution >= 0.6 is 0 Å². The maximum absolute atomic E-state index is 12.3. The van der Waals surface area contributed by atoms with Gasteiger partial charge in [0, 0.05) is 19.2 Å². The lowest BCUT2D eigenvalue weighted by molar-refractivity contribution is -0.148. The number of carbonyl (C=O) groups is 2. The molecule has 0 aromatic heterocycles. The minimum absolute atomic E-state index is 0.0235. The zero-order valence-electron chi connectivity index (χ0n) is 17.1. The quantitative estimate of drug-likeness (QED) is 0.560. The lowest BCUT2D eigenvalue weighted by Crippen LogP contribution is -2.41. The molecule has 1 amide bonds. The molecule has 0 spiro atoms. The van der Waals surface area contributed by atoms with E-state index in [2.05, 4.69) is 24.3 Å². The Labute approximate surface area is 176 Å². The Hall–Kier alpha value is -3.28. The van der Waals surface area contributed by atoms with Gasteiger partial charge in [-0.1, -0.05) is 36.4 Å². The van der Waals surface area contributed by atoms with Crippen molar-refractivity contribution in [3.05, 3.63) is 65.7 Å². The number of hydrogen-bond donors (Lipinski definition) is 1. The molecule has 1 N–H and O–H groups in total. The van der Waals surface area contributed by atoms with Gasteiger partial charge in [-0.15, -0.1) is 0 Å². The van der Waals surface area contributed by atoms with Crippen molar-refractivity contribution in [2.45, 2.75) is 19.3 Å². The third-order valence-corrected chi connectivity index (χ3v) is 5.29. The SMILES string of the molecule is COc1cc(/C=C/C(=O)OCC(=O)N2CCC(Cc3ccccc3)CC2)ccc1O. The predicted octanol–water partition coefficient (Wildman–Crippen LogP) is 3.44. The molecule has 2 aromatic carbocycles. The average Bonchev–Trinajstić information content (AvgIpc) is 2.78. The summed E-state index contributed by atoms with van der Waals surface area (Å²) in [6.45, 7) is 1.12. The smallest absolute Gasteiger partial charge is 0.331 e. The largest absolute Gasteiger partial charge is 0.504 e. The van der Waals surface area contributed by atoms with E-state index in [0.717, 1.165) is 19.3 Å². The molecule has 1 aliphatic rings. The number of amides is 1. The molecule has 158 valence electrons. The fraction of sp³-hybridized carbons (Fsp3) is 0.333. The van der Waals surface area contributed by atoms with E-state index in [1.807, 2.05) is 6.07 Å². The fourth-order valence-electron chi connectivity index (χ4n) is 3.57. The maximum atomic E-state index is 12.3. The van der Waals surface area contributed by atoms with E-state index < -0.39 is 5.97 Å². The van der Waals surface area contributed by atoms with Gasteiger partial charge in [0.25, 0.3) is 5.91 Å². The lowest BCUT2D eigenvalue weighted by atomic mass is 9.90. The van der Waals surface area contributed by atoms with Crippen LogP contribution in [0.2, 0.25) is 0 Å². The van der Waals surface area contributed by atoms with Gasteiger partial charge in [-0.05, 0) is 54.5 Å². The van der Waals surface area contributed by atoms with Crippen molar-refractivity contribution in [2.75, 3.05) is 26.8 Å². The molecule has 1 fully saturated rings. The topological polar surface area (TPSA) is 76.1 Å². The summed E-state index contributed by atoms with van der Waals surface area (Å²) in [5, 5.41) is 9.59. The third kappa shape index (κ3) is 6.11. The molecule has 30 heavy (non-hydrogen) atoms. The van der Waals surface area contributed by atoms with Gasteiger partial charge in [-0.2, -0.15) is 0 Å². The van der Waals surface area contributed by atoms with Crippen LogP contribution in [0.4, 0.5) is 0 Å². The van der Waals surface area contributed by atoms with E-state index in [4.69, 9.17) is 9.47 Å². The summed E-state index contributed by atoms with van der Waals surface area (Å²) < 4.78 is 10.1. The van der Waals surface area contributed by atoms with Crippen molar-refractivity contribution in [3.63, 3.8) is 0 Å². The Morgan fingerprint density at radius 1 is 1.13 bits per heavy atom. The number of piperidine rings is 1. The Morgan fingerprint density at radius 2 is 1.87 bits per heavy atom. The minimum atomic E-state index is -0.589. The van der Waals surface area contributed by atoms with Crippen LogP contribution in [-0.4, -0.2) is 48.7 Å². The molecule has 1 saturated heterocycles. The van der Waals surface area contributed by atoms with E-state index in [9.17, 15) is 14.7 Å². The first-order valence-electron chi connectivity index (χ1n) is 10.1. The molecule has 6 nitrogen and oxygen atoms in total. The first-order chi connectivity index (χ1) is 14.5. The third-order valence-electron chi connectivity index (χ3n) is 5.29. The molecule has 0 radical (unpaired) electrons. The molecule has 3 rings (SSSR count). The second-order valence-corrected chi connectivity index (χ2v) is 7.39. The number of ether oxygens (including phenoxy) is 2. The molecule has 0 unspecified atom stereocenters. The first-order valence-corrected chi connectivity index (χ1v) is 10.1. The molecule has 0 aliphatic carbocycles. The average molecular weight is 409 g/mol. The summed E-state index contributed by atoms with van der Waals surface area (Å²) in [6, 6.07) is 15.1. The number of methoxy groups -OCH3 is 1. The van der Waals surface area contributed by atoms with Crippen LogP contribution in [0.3, 0.4) is 0 Å². The van der Waals surface area contributed by atoms with E-state index in [1.165, 1.54) is 24.8 Å². The molecule has 0 atom stereocenters. The van der Waals surface area contributed by atoms with Gasteiger partial charge in [-0.25, -0.2) is 4.79 Å². The number of nitrogens with zero attached hydrogens (tertiary/aromatic N) is 1. The number of phenolic OH excluding ortho intramolecular Hbond substituents is 1. The van der Waals surface area contributed by atoms with Crippen LogP contribution in [0.1, 0.15) is 24.0 Å². The highest BCUT2D eigenvalue weighted by molar-refractivity contribution is 5.89. The summed E-state index contributed by atoms with van der Waals surface area (Å²) in [5.41, 5.74) is 2.00. The van der Waals surface area contributed by atoms with Crippen LogP contribution < -0.4 is 4.74 Å². The molecule has 0 bridgehead atoms. The summed E-state index contributed by atoms with van der Waals surface area (Å²) >= 11 is 0. The summed E-state index contributed by atoms with van der Waals surface area (Å²) in [6.07, 6.45) is 5.74. The predicted molar refractivity (Wildman–Crippen MR) is 114 cm³/mol. The molecule has 1 heterocycles. The summed E-state index contributed by atoms with van der Waals surface area (Å²) in [5.74, 6) is 0.159. The number of likely N-dealkylation sites (tertiary alicyclic amines) is 1. The fourth-order valence-corrected chi connectivity index (χ4v) is 3.57. The molecule has 2 aromatic rings. The monoisotopic (exact) mass is 409 g/mol. The van der Waals surface area contributed by atoms with Crippen molar-refractivity contribution in [3.8, 4) is 11.5 Å². The number of aromatic hydroxyl groups is 1. The normalized spacial score (nSPS) is 14.6. The number of esters is 1. The van der Waals surface area contributed by atoms with Crippen LogP contribution in [0.25, 0.3) is 6.08 Å². The van der Waals surface area contributed by atoms with Crippen LogP contribution in [0.15, 0.2) is 54.6 Å². The van der Waals surface area contributed by atoms with Gasteiger partial charge in [0.05, 0.1) is 7.11 Å². The standard InChI is InChI=1S/C24H27NO5/c1-29-22-16-19(7-9-21(22)26)8-10-24(28)30-17-23(27)25-13-11-20(12-14-25)15-18-5-3-2-4-6-18/h2-10,16,20,26H,11-15,17H2,1H3/b10-8+. The van der Waals surface area contributed by atoms with Gasteiger partial charge in [0.15, 0.2) is 18.1 Å². The van der Waals surface area contributed by atoms with Crippen molar-refractivity contribution < 1.29 is 24.2 Å². The van der Waals surface area contributed by atoms with Crippen molar-refractivity contribution >= 4 is 18.0 Å². The van der Waals surface area contributed by atoms with Crippen LogP contribution in [0, 0.1) is 5.92 Å². The first kappa shape index (κ1) is 21.4. The Bertz CT molecular complexity index is 886. The number of rotatable bonds is 7. The van der Waals surface area contributed by atoms with E-state index in [0.29, 0.717) is 30.3 Å². The van der Waals surface area contributed by atoms with Gasteiger partial charge in [0.1, 0.15) is 0 Å². The molecular weight excluding hydrogens is 382 g/mol. The second kappa shape index (κ2) is 10.5. The number of hydrogen-bond acceptors (Lipinski definition) is 5. The van der Waals surface area contributed by atoms with Crippen molar-refractivity contribution in [2.24, 2.45) is 5.92 Å². The van der Waals surface area contributed by atoms with E-state index >= 15 is 0 Å². The van der Waals surface area contributed by atoms with E-state index in [-0.39, 0.29) is 18.3 Å². The van der Waals surface area contributed by atoms with Gasteiger partial charge < -0.3 is 19.5 Å². The number of phenols is 1. The van der Waals surface area contributed by atoms with Crippen molar-refractivity contribution in [1.82, 2.24) is 4.90 Å². The second-order valence-electron chi connectivity index (χ2n) is 7.39. The zero-order chi connectivity index (χ0) is 21.3. The van der Waals surface area contributed by atoms with Gasteiger partial charge in [-0.3, -0.25) is 4.79 Å². The lowest BCUT2D eigenvalue weighted by Gasteiger charge is -2.32. The maximum Gasteiger partial charge on any atom is 0.331 e. The van der Waals surface area contributed by atoms with Crippen LogP contribution in [-0.2, 0) is 20.7 Å². The number of benzene rings is 2.